The summed E-state index contributed by atoms with van der Waals surface area (Å²) >= 11 is 0. The molecule has 3 atom stereocenters. The molecular weight excluding hydrogens is 249 g/mol. The summed E-state index contributed by atoms with van der Waals surface area (Å²) in [6, 6.07) is 0. The first-order chi connectivity index (χ1) is 8.56. The molecule has 2 heterocycles. The smallest absolute Gasteiger partial charge is 0.330 e. The van der Waals surface area contributed by atoms with E-state index in [-0.39, 0.29) is 18.6 Å². The van der Waals surface area contributed by atoms with Gasteiger partial charge in [0.2, 0.25) is 0 Å². The predicted molar refractivity (Wildman–Crippen MR) is 58.3 cm³/mol. The SMILES string of the molecule is O=Cc1cn([13C@H]2[13CH2][13C@H](O)[13C@@H]([13CH2]O)O2)c(=O)[nH]c1=O. The first-order valence-electron chi connectivity index (χ1n) is 5.32. The molecule has 0 radical (unpaired) electrons. The maximum Gasteiger partial charge on any atom is 0.330 e. The monoisotopic (exact) mass is 261 g/mol. The molecule has 0 saturated carbocycles. The molecule has 1 aliphatic heterocycles. The summed E-state index contributed by atoms with van der Waals surface area (Å²) < 4.78 is 6.27. The lowest BCUT2D eigenvalue weighted by Gasteiger charge is -2.14. The van der Waals surface area contributed by atoms with Gasteiger partial charge < -0.3 is 14.9 Å². The third-order valence-electron chi connectivity index (χ3n) is 2.82. The quantitative estimate of drug-likeness (QED) is 0.427. The third kappa shape index (κ3) is 2.13. The van der Waals surface area contributed by atoms with Crippen molar-refractivity contribution in [2.45, 2.75) is 24.9 Å². The van der Waals surface area contributed by atoms with E-state index >= 15 is 0 Å². The normalized spacial score (nSPS) is 27.3. The minimum absolute atomic E-state index is 0.0927. The number of hydrogen-bond acceptors (Lipinski definition) is 6. The average molecular weight is 261 g/mol. The molecule has 0 bridgehead atoms. The highest BCUT2D eigenvalue weighted by Gasteiger charge is 2.35. The van der Waals surface area contributed by atoms with Crippen LogP contribution in [0.1, 0.15) is 23.0 Å². The summed E-state index contributed by atoms with van der Waals surface area (Å²) in [5.74, 6) is 0. The molecule has 0 spiro atoms. The lowest BCUT2D eigenvalue weighted by molar-refractivity contribution is -0.0459. The van der Waals surface area contributed by atoms with Crippen molar-refractivity contribution < 1.29 is 19.7 Å². The van der Waals surface area contributed by atoms with E-state index in [0.29, 0.717) is 6.29 Å². The van der Waals surface area contributed by atoms with Gasteiger partial charge in [0.05, 0.1) is 18.3 Å². The molecule has 0 aromatic carbocycles. The van der Waals surface area contributed by atoms with Crippen molar-refractivity contribution in [2.24, 2.45) is 0 Å². The van der Waals surface area contributed by atoms with Gasteiger partial charge in [-0.1, -0.05) is 0 Å². The van der Waals surface area contributed by atoms with E-state index in [0.717, 1.165) is 10.8 Å². The number of aromatic amines is 1. The zero-order valence-electron chi connectivity index (χ0n) is 9.28. The molecule has 0 amide bonds. The summed E-state index contributed by atoms with van der Waals surface area (Å²) in [5.41, 5.74) is -1.72. The standard InChI is InChI=1S/C10H12N2O6/c13-3-5-2-12(10(17)11-9(5)16)8-1-6(15)7(4-14)18-8/h2-3,6-8,14-15H,1,4H2,(H,11,16,17)/t6-,7+,8+/m0/s1/i1+1,4+1,6+1,7+1,8+1. The molecule has 0 aliphatic carbocycles. The summed E-state index contributed by atoms with van der Waals surface area (Å²) in [6.45, 7) is -0.379. The van der Waals surface area contributed by atoms with Gasteiger partial charge >= 0.3 is 5.69 Å². The Bertz CT molecular complexity index is 562. The van der Waals surface area contributed by atoms with Gasteiger partial charge in [-0.3, -0.25) is 19.1 Å². The molecule has 1 aliphatic rings. The molecule has 18 heavy (non-hydrogen) atoms. The Hall–Kier alpha value is -1.77. The second kappa shape index (κ2) is 4.84. The molecule has 0 unspecified atom stereocenters. The van der Waals surface area contributed by atoms with E-state index in [1.165, 1.54) is 0 Å². The van der Waals surface area contributed by atoms with Gasteiger partial charge in [-0.05, 0) is 0 Å². The molecular formula is C10H12N2O6. The van der Waals surface area contributed by atoms with Gasteiger partial charge in [0, 0.05) is 12.6 Å². The number of carbonyl (C=O) groups excluding carboxylic acids is 1. The fraction of sp³-hybridized carbons (Fsp3) is 0.500. The number of hydrogen-bond donors (Lipinski definition) is 3. The number of carbonyl (C=O) groups is 1. The third-order valence-corrected chi connectivity index (χ3v) is 2.82. The van der Waals surface area contributed by atoms with Crippen LogP contribution in [0.25, 0.3) is 0 Å². The van der Waals surface area contributed by atoms with E-state index < -0.39 is 29.7 Å². The summed E-state index contributed by atoms with van der Waals surface area (Å²) in [7, 11) is 0. The van der Waals surface area contributed by atoms with Crippen LogP contribution in [0.3, 0.4) is 0 Å². The first-order valence-corrected chi connectivity index (χ1v) is 5.32. The highest BCUT2D eigenvalue weighted by molar-refractivity contribution is 5.73. The Kier molecular flexibility index (Phi) is 3.41. The number of aldehydes is 1. The second-order valence-electron chi connectivity index (χ2n) is 3.98. The van der Waals surface area contributed by atoms with Crippen LogP contribution in [0.4, 0.5) is 0 Å². The molecule has 98 valence electrons. The number of aliphatic hydroxyl groups is 2. The molecule has 2 rings (SSSR count). The zero-order valence-corrected chi connectivity index (χ0v) is 9.28. The van der Waals surface area contributed by atoms with Crippen LogP contribution >= 0.6 is 0 Å². The minimum atomic E-state index is -0.904. The van der Waals surface area contributed by atoms with Crippen molar-refractivity contribution in [3.63, 3.8) is 0 Å². The van der Waals surface area contributed by atoms with Crippen LogP contribution < -0.4 is 11.2 Å². The lowest BCUT2D eigenvalue weighted by Crippen LogP contribution is -2.34. The molecule has 1 aromatic heterocycles. The minimum Gasteiger partial charge on any atom is -0.394 e. The Morgan fingerprint density at radius 1 is 1.56 bits per heavy atom. The van der Waals surface area contributed by atoms with E-state index in [2.05, 4.69) is 0 Å². The largest absolute Gasteiger partial charge is 0.394 e. The maximum atomic E-state index is 11.6. The van der Waals surface area contributed by atoms with Gasteiger partial charge in [0.1, 0.15) is 12.3 Å². The fourth-order valence-corrected chi connectivity index (χ4v) is 1.85. The maximum absolute atomic E-state index is 11.6. The zero-order chi connectivity index (χ0) is 13.3. The molecule has 1 fully saturated rings. The number of aliphatic hydroxyl groups excluding tert-OH is 2. The van der Waals surface area contributed by atoms with E-state index in [1.807, 2.05) is 4.98 Å². The number of nitrogens with one attached hydrogen (secondary N) is 1. The predicted octanol–water partition coefficient (Wildman–Crippen LogP) is -2.01. The van der Waals surface area contributed by atoms with Crippen molar-refractivity contribution in [3.8, 4) is 0 Å². The van der Waals surface area contributed by atoms with Crippen molar-refractivity contribution >= 4 is 6.29 Å². The summed E-state index contributed by atoms with van der Waals surface area (Å²) in [5, 5.41) is 18.5. The Balaban J connectivity index is 2.38. The number of nitrogens with zero attached hydrogens (tertiary/aromatic N) is 1. The number of rotatable bonds is 3. The molecule has 1 saturated heterocycles. The number of ether oxygens (including phenoxy) is 1. The molecule has 8 nitrogen and oxygen atoms in total. The van der Waals surface area contributed by atoms with E-state index in [1.54, 1.807) is 0 Å². The second-order valence-corrected chi connectivity index (χ2v) is 3.98. The Morgan fingerprint density at radius 3 is 2.83 bits per heavy atom. The topological polar surface area (TPSA) is 122 Å². The van der Waals surface area contributed by atoms with Crippen molar-refractivity contribution in [1.29, 1.82) is 0 Å². The summed E-state index contributed by atoms with van der Waals surface area (Å²) in [4.78, 5) is 35.4. The van der Waals surface area contributed by atoms with Crippen LogP contribution in [0, 0.1) is 0 Å². The van der Waals surface area contributed by atoms with E-state index in [4.69, 9.17) is 9.84 Å². The number of H-pyrrole nitrogens is 1. The van der Waals surface area contributed by atoms with Gasteiger partial charge in [-0.2, -0.15) is 0 Å². The highest BCUT2D eigenvalue weighted by Crippen LogP contribution is 2.27. The first kappa shape index (κ1) is 12.7. The van der Waals surface area contributed by atoms with Crippen molar-refractivity contribution in [2.75, 3.05) is 6.61 Å². The Morgan fingerprint density at radius 2 is 2.28 bits per heavy atom. The lowest BCUT2D eigenvalue weighted by atomic mass is 10.4. The molecule has 1 aromatic rings. The van der Waals surface area contributed by atoms with E-state index in [9.17, 15) is 19.5 Å². The van der Waals surface area contributed by atoms with Crippen LogP contribution in [0.5, 0.6) is 0 Å². The van der Waals surface area contributed by atoms with Crippen LogP contribution in [0.2, 0.25) is 0 Å². The van der Waals surface area contributed by atoms with Crippen LogP contribution in [-0.2, 0) is 4.74 Å². The highest BCUT2D eigenvalue weighted by atomic mass is 16.7. The summed E-state index contributed by atoms with van der Waals surface area (Å²) in [6.07, 6.45) is -1.02. The van der Waals surface area contributed by atoms with Gasteiger partial charge in [-0.25, -0.2) is 4.79 Å². The van der Waals surface area contributed by atoms with Gasteiger partial charge in [0.25, 0.3) is 5.56 Å². The molecule has 3 N–H and O–H groups in total. The Labute approximate surface area is 100 Å². The number of aromatic nitrogens is 2. The van der Waals surface area contributed by atoms with Gasteiger partial charge in [0.15, 0.2) is 6.29 Å². The van der Waals surface area contributed by atoms with Gasteiger partial charge in [-0.15, -0.1) is 0 Å². The van der Waals surface area contributed by atoms with Crippen molar-refractivity contribution in [1.82, 2.24) is 9.55 Å². The fourth-order valence-electron chi connectivity index (χ4n) is 1.85. The molecule has 8 heteroatoms. The van der Waals surface area contributed by atoms with Crippen LogP contribution in [-0.4, -0.2) is 44.9 Å². The van der Waals surface area contributed by atoms with Crippen molar-refractivity contribution in [3.05, 3.63) is 32.6 Å². The average Bonchev–Trinajstić information content (AvgIpc) is 2.70. The van der Waals surface area contributed by atoms with Crippen LogP contribution in [0.15, 0.2) is 15.8 Å².